The van der Waals surface area contributed by atoms with E-state index >= 15 is 0 Å². The summed E-state index contributed by atoms with van der Waals surface area (Å²) in [6.07, 6.45) is 3.91. The lowest BCUT2D eigenvalue weighted by Crippen LogP contribution is -2.19. The second kappa shape index (κ2) is 3.72. The van der Waals surface area contributed by atoms with Gasteiger partial charge >= 0.3 is 0 Å². The molecule has 0 radical (unpaired) electrons. The second-order valence-electron chi connectivity index (χ2n) is 3.46. The predicted octanol–water partition coefficient (Wildman–Crippen LogP) is 0.987. The summed E-state index contributed by atoms with van der Waals surface area (Å²) in [5, 5.41) is 11.3. The van der Waals surface area contributed by atoms with Gasteiger partial charge in [-0.2, -0.15) is 0 Å². The largest absolute Gasteiger partial charge is 0.277 e. The van der Waals surface area contributed by atoms with Crippen LogP contribution in [0.5, 0.6) is 0 Å². The molecule has 2 aliphatic heterocycles. The molecule has 0 aromatic rings. The van der Waals surface area contributed by atoms with Crippen LogP contribution in [0.15, 0.2) is 10.4 Å². The lowest BCUT2D eigenvalue weighted by atomic mass is 10.4. The first-order chi connectivity index (χ1) is 6.36. The SMILES string of the molecule is O=C1CCCN1/N=N/N1CCCC1. The second-order valence-corrected chi connectivity index (χ2v) is 3.46. The molecule has 0 aliphatic carbocycles. The smallest absolute Gasteiger partial charge is 0.244 e. The van der Waals surface area contributed by atoms with Crippen LogP contribution in [0.1, 0.15) is 25.7 Å². The van der Waals surface area contributed by atoms with Crippen molar-refractivity contribution in [2.75, 3.05) is 19.6 Å². The van der Waals surface area contributed by atoms with Gasteiger partial charge in [-0.25, -0.2) is 5.01 Å². The van der Waals surface area contributed by atoms with Crippen molar-refractivity contribution in [2.45, 2.75) is 25.7 Å². The Balaban J connectivity index is 1.85. The van der Waals surface area contributed by atoms with Crippen LogP contribution in [0.3, 0.4) is 0 Å². The van der Waals surface area contributed by atoms with Crippen LogP contribution < -0.4 is 0 Å². The van der Waals surface area contributed by atoms with Crippen molar-refractivity contribution in [2.24, 2.45) is 10.4 Å². The Morgan fingerprint density at radius 2 is 1.77 bits per heavy atom. The normalized spacial score (nSPS) is 23.8. The minimum Gasteiger partial charge on any atom is -0.277 e. The van der Waals surface area contributed by atoms with E-state index in [1.54, 1.807) is 0 Å². The highest BCUT2D eigenvalue weighted by Crippen LogP contribution is 2.12. The lowest BCUT2D eigenvalue weighted by molar-refractivity contribution is -0.128. The molecule has 0 aromatic carbocycles. The molecule has 2 heterocycles. The molecule has 0 spiro atoms. The minimum atomic E-state index is 0.1000. The molecule has 5 heteroatoms. The number of hydrogen-bond acceptors (Lipinski definition) is 3. The van der Waals surface area contributed by atoms with Crippen molar-refractivity contribution in [1.82, 2.24) is 10.0 Å². The van der Waals surface area contributed by atoms with E-state index in [0.717, 1.165) is 26.1 Å². The van der Waals surface area contributed by atoms with Crippen LogP contribution >= 0.6 is 0 Å². The van der Waals surface area contributed by atoms with Crippen LogP contribution in [0.4, 0.5) is 0 Å². The van der Waals surface area contributed by atoms with Crippen LogP contribution in [0, 0.1) is 0 Å². The van der Waals surface area contributed by atoms with E-state index in [4.69, 9.17) is 0 Å². The Hall–Kier alpha value is -1.13. The summed E-state index contributed by atoms with van der Waals surface area (Å²) in [6.45, 7) is 2.69. The zero-order valence-electron chi connectivity index (χ0n) is 7.65. The monoisotopic (exact) mass is 182 g/mol. The number of amides is 1. The highest BCUT2D eigenvalue weighted by molar-refractivity contribution is 5.77. The molecule has 1 amide bonds. The standard InChI is InChI=1S/C8H14N4O/c13-8-4-3-7-12(8)10-9-11-5-1-2-6-11/h1-7H2/b10-9+. The molecular weight excluding hydrogens is 168 g/mol. The highest BCUT2D eigenvalue weighted by Gasteiger charge is 2.20. The molecule has 0 saturated carbocycles. The third-order valence-corrected chi connectivity index (χ3v) is 2.41. The van der Waals surface area contributed by atoms with E-state index in [-0.39, 0.29) is 5.91 Å². The molecule has 13 heavy (non-hydrogen) atoms. The highest BCUT2D eigenvalue weighted by atomic mass is 16.2. The van der Waals surface area contributed by atoms with Crippen molar-refractivity contribution < 1.29 is 4.79 Å². The fourth-order valence-electron chi connectivity index (χ4n) is 1.62. The van der Waals surface area contributed by atoms with Gasteiger partial charge in [0.05, 0.1) is 0 Å². The summed E-state index contributed by atoms with van der Waals surface area (Å²) in [4.78, 5) is 11.1. The van der Waals surface area contributed by atoms with Gasteiger partial charge in [-0.05, 0) is 24.5 Å². The van der Waals surface area contributed by atoms with Gasteiger partial charge in [0.1, 0.15) is 0 Å². The first-order valence-corrected chi connectivity index (χ1v) is 4.83. The average Bonchev–Trinajstić information content (AvgIpc) is 2.72. The van der Waals surface area contributed by atoms with Gasteiger partial charge in [-0.15, -0.1) is 0 Å². The van der Waals surface area contributed by atoms with Crippen molar-refractivity contribution in [3.63, 3.8) is 0 Å². The van der Waals surface area contributed by atoms with Gasteiger partial charge < -0.3 is 0 Å². The van der Waals surface area contributed by atoms with Crippen LogP contribution in [0.2, 0.25) is 0 Å². The molecule has 2 saturated heterocycles. The zero-order chi connectivity index (χ0) is 9.10. The van der Waals surface area contributed by atoms with E-state index in [0.29, 0.717) is 6.42 Å². The van der Waals surface area contributed by atoms with Crippen LogP contribution in [-0.4, -0.2) is 35.6 Å². The Kier molecular flexibility index (Phi) is 2.42. The van der Waals surface area contributed by atoms with E-state index in [1.165, 1.54) is 17.9 Å². The average molecular weight is 182 g/mol. The van der Waals surface area contributed by atoms with Crippen molar-refractivity contribution >= 4 is 5.91 Å². The van der Waals surface area contributed by atoms with Crippen molar-refractivity contribution in [1.29, 1.82) is 0 Å². The Morgan fingerprint density at radius 3 is 2.38 bits per heavy atom. The van der Waals surface area contributed by atoms with Gasteiger partial charge in [-0.3, -0.25) is 9.80 Å². The first-order valence-electron chi connectivity index (χ1n) is 4.83. The number of hydrogen-bond donors (Lipinski definition) is 0. The van der Waals surface area contributed by atoms with E-state index < -0.39 is 0 Å². The molecule has 2 aliphatic rings. The predicted molar refractivity (Wildman–Crippen MR) is 46.6 cm³/mol. The summed E-state index contributed by atoms with van der Waals surface area (Å²) in [5.74, 6) is 0.1000. The Morgan fingerprint density at radius 1 is 1.00 bits per heavy atom. The van der Waals surface area contributed by atoms with Gasteiger partial charge in [0.25, 0.3) is 0 Å². The summed E-state index contributed by atoms with van der Waals surface area (Å²) in [6, 6.07) is 0. The van der Waals surface area contributed by atoms with Crippen molar-refractivity contribution in [3.05, 3.63) is 0 Å². The molecular formula is C8H14N4O. The van der Waals surface area contributed by atoms with Gasteiger partial charge in [0, 0.05) is 26.1 Å². The molecule has 5 nitrogen and oxygen atoms in total. The fraction of sp³-hybridized carbons (Fsp3) is 0.875. The maximum atomic E-state index is 11.1. The zero-order valence-corrected chi connectivity index (χ0v) is 7.65. The van der Waals surface area contributed by atoms with E-state index in [9.17, 15) is 4.79 Å². The molecule has 2 rings (SSSR count). The molecule has 2 fully saturated rings. The van der Waals surface area contributed by atoms with E-state index in [2.05, 4.69) is 10.4 Å². The van der Waals surface area contributed by atoms with Crippen molar-refractivity contribution in [3.8, 4) is 0 Å². The van der Waals surface area contributed by atoms with Gasteiger partial charge in [-0.1, -0.05) is 5.22 Å². The molecule has 72 valence electrons. The number of carbonyl (C=O) groups is 1. The topological polar surface area (TPSA) is 48.3 Å². The van der Waals surface area contributed by atoms with Crippen LogP contribution in [-0.2, 0) is 4.79 Å². The molecule has 0 atom stereocenters. The summed E-state index contributed by atoms with van der Waals surface area (Å²) in [7, 11) is 0. The third-order valence-electron chi connectivity index (χ3n) is 2.41. The van der Waals surface area contributed by atoms with E-state index in [1.807, 2.05) is 5.01 Å². The molecule has 0 bridgehead atoms. The maximum Gasteiger partial charge on any atom is 0.244 e. The summed E-state index contributed by atoms with van der Waals surface area (Å²) < 4.78 is 0. The third kappa shape index (κ3) is 1.96. The first kappa shape index (κ1) is 8.47. The van der Waals surface area contributed by atoms with Crippen LogP contribution in [0.25, 0.3) is 0 Å². The molecule has 0 unspecified atom stereocenters. The number of carbonyl (C=O) groups excluding carboxylic acids is 1. The summed E-state index contributed by atoms with van der Waals surface area (Å²) >= 11 is 0. The molecule has 0 N–H and O–H groups in total. The molecule has 0 aromatic heterocycles. The van der Waals surface area contributed by atoms with Gasteiger partial charge in [0.2, 0.25) is 5.91 Å². The van der Waals surface area contributed by atoms with Gasteiger partial charge in [0.15, 0.2) is 0 Å². The quantitative estimate of drug-likeness (QED) is 0.598. The lowest BCUT2D eigenvalue weighted by Gasteiger charge is -2.10. The number of rotatable bonds is 2. The summed E-state index contributed by atoms with van der Waals surface area (Å²) in [5.41, 5.74) is 0. The number of nitrogens with zero attached hydrogens (tertiary/aromatic N) is 4. The maximum absolute atomic E-state index is 11.1. The Bertz CT molecular complexity index is 222. The Labute approximate surface area is 77.4 Å². The fourth-order valence-corrected chi connectivity index (χ4v) is 1.62. The minimum absolute atomic E-state index is 0.1000.